The number of aromatic nitrogens is 2. The zero-order chi connectivity index (χ0) is 13.2. The third-order valence-electron chi connectivity index (χ3n) is 2.94. The Hall–Kier alpha value is -2.20. The number of benzene rings is 2. The molecule has 0 spiro atoms. The van der Waals surface area contributed by atoms with Crippen LogP contribution < -0.4 is 5.32 Å². The van der Waals surface area contributed by atoms with Gasteiger partial charge in [-0.25, -0.2) is 4.98 Å². The summed E-state index contributed by atoms with van der Waals surface area (Å²) in [4.78, 5) is 8.31. The predicted octanol–water partition coefficient (Wildman–Crippen LogP) is 3.66. The van der Waals surface area contributed by atoms with Crippen molar-refractivity contribution in [2.24, 2.45) is 0 Å². The average Bonchev–Trinajstić information content (AvgIpc) is 2.81. The second-order valence-corrected chi connectivity index (χ2v) is 4.83. The summed E-state index contributed by atoms with van der Waals surface area (Å²) in [6.07, 6.45) is 0. The molecule has 19 heavy (non-hydrogen) atoms. The number of aromatic amines is 1. The fourth-order valence-electron chi connectivity index (χ4n) is 1.90. The van der Waals surface area contributed by atoms with Crippen LogP contribution in [0.1, 0.15) is 11.1 Å². The highest BCUT2D eigenvalue weighted by Gasteiger charge is 2.05. The van der Waals surface area contributed by atoms with Crippen molar-refractivity contribution in [2.75, 3.05) is 5.32 Å². The van der Waals surface area contributed by atoms with Crippen LogP contribution in [0.15, 0.2) is 48.5 Å². The minimum absolute atomic E-state index is 0.666. The standard InChI is InChI=1S/C15H13N3S/c1-10-6-8-11(9-7-10)14(19)18-15-16-12-4-2-3-5-13(12)17-15/h2-9H,1H3,(H2,16,17,18,19). The highest BCUT2D eigenvalue weighted by Crippen LogP contribution is 2.14. The summed E-state index contributed by atoms with van der Waals surface area (Å²) in [5.41, 5.74) is 4.13. The second kappa shape index (κ2) is 4.82. The molecule has 0 aliphatic rings. The number of nitrogens with zero attached hydrogens (tertiary/aromatic N) is 1. The number of H-pyrrole nitrogens is 1. The molecule has 0 bridgehead atoms. The molecule has 0 fully saturated rings. The van der Waals surface area contributed by atoms with Gasteiger partial charge in [0.2, 0.25) is 5.95 Å². The highest BCUT2D eigenvalue weighted by molar-refractivity contribution is 7.81. The van der Waals surface area contributed by atoms with E-state index >= 15 is 0 Å². The van der Waals surface area contributed by atoms with Crippen molar-refractivity contribution in [1.82, 2.24) is 9.97 Å². The van der Waals surface area contributed by atoms with Gasteiger partial charge in [-0.1, -0.05) is 54.2 Å². The SMILES string of the molecule is Cc1ccc(C(=S)Nc2nc3ccccc3[nH]2)cc1. The molecule has 2 N–H and O–H groups in total. The zero-order valence-corrected chi connectivity index (χ0v) is 11.3. The maximum atomic E-state index is 5.38. The third kappa shape index (κ3) is 2.48. The quantitative estimate of drug-likeness (QED) is 0.696. The van der Waals surface area contributed by atoms with Gasteiger partial charge in [-0.15, -0.1) is 0 Å². The molecule has 2 aromatic carbocycles. The van der Waals surface area contributed by atoms with Gasteiger partial charge >= 0.3 is 0 Å². The van der Waals surface area contributed by atoms with Crippen molar-refractivity contribution in [3.05, 3.63) is 59.7 Å². The number of aryl methyl sites for hydroxylation is 1. The number of nitrogens with one attached hydrogen (secondary N) is 2. The van der Waals surface area contributed by atoms with Crippen LogP contribution in [0.3, 0.4) is 0 Å². The average molecular weight is 267 g/mol. The number of hydrogen-bond donors (Lipinski definition) is 2. The summed E-state index contributed by atoms with van der Waals surface area (Å²) in [5.74, 6) is 0.673. The molecule has 0 atom stereocenters. The number of para-hydroxylation sites is 2. The van der Waals surface area contributed by atoms with Crippen molar-refractivity contribution < 1.29 is 0 Å². The van der Waals surface area contributed by atoms with Gasteiger partial charge < -0.3 is 10.3 Å². The monoisotopic (exact) mass is 267 g/mol. The van der Waals surface area contributed by atoms with Gasteiger partial charge in [-0.3, -0.25) is 0 Å². The van der Waals surface area contributed by atoms with Crippen LogP contribution in [-0.2, 0) is 0 Å². The number of fused-ring (bicyclic) bond motifs is 1. The van der Waals surface area contributed by atoms with E-state index in [4.69, 9.17) is 12.2 Å². The number of hydrogen-bond acceptors (Lipinski definition) is 2. The fourth-order valence-corrected chi connectivity index (χ4v) is 2.13. The first-order chi connectivity index (χ1) is 9.22. The molecule has 0 aliphatic heterocycles. The molecule has 0 unspecified atom stereocenters. The first-order valence-electron chi connectivity index (χ1n) is 6.05. The maximum absolute atomic E-state index is 5.38. The molecule has 0 aliphatic carbocycles. The Labute approximate surface area is 116 Å². The summed E-state index contributed by atoms with van der Waals surface area (Å²) >= 11 is 5.38. The Morgan fingerprint density at radius 1 is 1.11 bits per heavy atom. The summed E-state index contributed by atoms with van der Waals surface area (Å²) in [5, 5.41) is 3.13. The Morgan fingerprint density at radius 2 is 1.84 bits per heavy atom. The van der Waals surface area contributed by atoms with E-state index in [0.29, 0.717) is 10.9 Å². The normalized spacial score (nSPS) is 10.6. The van der Waals surface area contributed by atoms with Crippen LogP contribution in [0.25, 0.3) is 11.0 Å². The molecule has 94 valence electrons. The van der Waals surface area contributed by atoms with Crippen molar-refractivity contribution in [2.45, 2.75) is 6.92 Å². The largest absolute Gasteiger partial charge is 0.324 e. The van der Waals surface area contributed by atoms with E-state index < -0.39 is 0 Å². The molecule has 0 saturated heterocycles. The highest BCUT2D eigenvalue weighted by atomic mass is 32.1. The van der Waals surface area contributed by atoms with Gasteiger partial charge in [0.25, 0.3) is 0 Å². The molecule has 0 radical (unpaired) electrons. The molecule has 3 nitrogen and oxygen atoms in total. The molecule has 0 amide bonds. The third-order valence-corrected chi connectivity index (χ3v) is 3.27. The van der Waals surface area contributed by atoms with Gasteiger partial charge in [-0.05, 0) is 19.1 Å². The Morgan fingerprint density at radius 3 is 2.58 bits per heavy atom. The lowest BCUT2D eigenvalue weighted by molar-refractivity contribution is 1.33. The van der Waals surface area contributed by atoms with Crippen LogP contribution in [0, 0.1) is 6.92 Å². The van der Waals surface area contributed by atoms with Gasteiger partial charge in [0, 0.05) is 5.56 Å². The molecular weight excluding hydrogens is 254 g/mol. The molecule has 1 aromatic heterocycles. The molecule has 4 heteroatoms. The van der Waals surface area contributed by atoms with Crippen LogP contribution in [0.2, 0.25) is 0 Å². The van der Waals surface area contributed by atoms with E-state index in [0.717, 1.165) is 16.6 Å². The van der Waals surface area contributed by atoms with Gasteiger partial charge in [0.1, 0.15) is 4.99 Å². The van der Waals surface area contributed by atoms with E-state index in [-0.39, 0.29) is 0 Å². The second-order valence-electron chi connectivity index (χ2n) is 4.42. The lowest BCUT2D eigenvalue weighted by Crippen LogP contribution is -2.11. The Kier molecular flexibility index (Phi) is 3.01. The number of anilines is 1. The minimum Gasteiger partial charge on any atom is -0.324 e. The van der Waals surface area contributed by atoms with Crippen LogP contribution in [-0.4, -0.2) is 15.0 Å². The summed E-state index contributed by atoms with van der Waals surface area (Å²) < 4.78 is 0. The predicted molar refractivity (Wildman–Crippen MR) is 82.6 cm³/mol. The Bertz CT molecular complexity index is 695. The lowest BCUT2D eigenvalue weighted by atomic mass is 10.1. The summed E-state index contributed by atoms with van der Waals surface area (Å²) in [6.45, 7) is 2.06. The maximum Gasteiger partial charge on any atom is 0.206 e. The smallest absolute Gasteiger partial charge is 0.206 e. The van der Waals surface area contributed by atoms with Crippen molar-refractivity contribution >= 4 is 34.2 Å². The molecule has 0 saturated carbocycles. The molecule has 1 heterocycles. The first-order valence-corrected chi connectivity index (χ1v) is 6.46. The van der Waals surface area contributed by atoms with E-state index in [1.165, 1.54) is 5.56 Å². The van der Waals surface area contributed by atoms with Crippen molar-refractivity contribution in [3.8, 4) is 0 Å². The van der Waals surface area contributed by atoms with Gasteiger partial charge in [0.15, 0.2) is 0 Å². The van der Waals surface area contributed by atoms with Gasteiger partial charge in [-0.2, -0.15) is 0 Å². The fraction of sp³-hybridized carbons (Fsp3) is 0.0667. The Balaban J connectivity index is 1.84. The minimum atomic E-state index is 0.666. The number of imidazole rings is 1. The molecule has 3 aromatic rings. The van der Waals surface area contributed by atoms with E-state index in [9.17, 15) is 0 Å². The molecular formula is C15H13N3S. The van der Waals surface area contributed by atoms with Crippen molar-refractivity contribution in [3.63, 3.8) is 0 Å². The van der Waals surface area contributed by atoms with Gasteiger partial charge in [0.05, 0.1) is 11.0 Å². The van der Waals surface area contributed by atoms with E-state index in [1.807, 2.05) is 48.5 Å². The van der Waals surface area contributed by atoms with E-state index in [2.05, 4.69) is 22.2 Å². The summed E-state index contributed by atoms with van der Waals surface area (Å²) in [7, 11) is 0. The number of rotatable bonds is 2. The zero-order valence-electron chi connectivity index (χ0n) is 10.5. The first kappa shape index (κ1) is 11.9. The van der Waals surface area contributed by atoms with Crippen LogP contribution >= 0.6 is 12.2 Å². The number of thiocarbonyl (C=S) groups is 1. The summed E-state index contributed by atoms with van der Waals surface area (Å²) in [6, 6.07) is 16.0. The lowest BCUT2D eigenvalue weighted by Gasteiger charge is -2.05. The van der Waals surface area contributed by atoms with Crippen molar-refractivity contribution in [1.29, 1.82) is 0 Å². The topological polar surface area (TPSA) is 40.7 Å². The van der Waals surface area contributed by atoms with Crippen LogP contribution in [0.5, 0.6) is 0 Å². The van der Waals surface area contributed by atoms with E-state index in [1.54, 1.807) is 0 Å². The molecule has 3 rings (SSSR count). The van der Waals surface area contributed by atoms with Crippen LogP contribution in [0.4, 0.5) is 5.95 Å².